The Labute approximate surface area is 102 Å². The van der Waals surface area contributed by atoms with Crippen molar-refractivity contribution in [2.45, 2.75) is 13.3 Å². The van der Waals surface area contributed by atoms with Crippen LogP contribution in [0.15, 0.2) is 24.3 Å². The molecule has 0 saturated carbocycles. The Hall–Kier alpha value is -1.55. The minimum atomic E-state index is 0.0234. The Bertz CT molecular complexity index is 365. The van der Waals surface area contributed by atoms with Gasteiger partial charge in [0.25, 0.3) is 0 Å². The van der Waals surface area contributed by atoms with Crippen LogP contribution in [0.25, 0.3) is 0 Å². The van der Waals surface area contributed by atoms with Crippen LogP contribution in [0.2, 0.25) is 0 Å². The largest absolute Gasteiger partial charge is 0.508 e. The van der Waals surface area contributed by atoms with E-state index in [2.05, 4.69) is 0 Å². The van der Waals surface area contributed by atoms with E-state index in [1.54, 1.807) is 30.1 Å². The molecule has 0 aromatic heterocycles. The SMILES string of the molecule is CCOCCN(C)C(=O)Cc1cccc(O)c1. The van der Waals surface area contributed by atoms with Crippen molar-refractivity contribution in [3.63, 3.8) is 0 Å². The van der Waals surface area contributed by atoms with Crippen LogP contribution in [0.3, 0.4) is 0 Å². The first-order valence-electron chi connectivity index (χ1n) is 5.73. The number of carbonyl (C=O) groups excluding carboxylic acids is 1. The summed E-state index contributed by atoms with van der Waals surface area (Å²) in [6, 6.07) is 6.76. The lowest BCUT2D eigenvalue weighted by atomic mass is 10.1. The van der Waals surface area contributed by atoms with Crippen LogP contribution in [0.1, 0.15) is 12.5 Å². The van der Waals surface area contributed by atoms with Crippen molar-refractivity contribution in [2.24, 2.45) is 0 Å². The molecule has 0 atom stereocenters. The zero-order chi connectivity index (χ0) is 12.7. The summed E-state index contributed by atoms with van der Waals surface area (Å²) in [5, 5.41) is 9.29. The van der Waals surface area contributed by atoms with E-state index in [1.807, 2.05) is 13.0 Å². The average Bonchev–Trinajstić information content (AvgIpc) is 2.29. The maximum atomic E-state index is 11.8. The minimum absolute atomic E-state index is 0.0234. The van der Waals surface area contributed by atoms with Crippen LogP contribution in [-0.4, -0.2) is 42.7 Å². The standard InChI is InChI=1S/C13H19NO3/c1-3-17-8-7-14(2)13(16)10-11-5-4-6-12(15)9-11/h4-6,9,15H,3,7-8,10H2,1-2H3. The third kappa shape index (κ3) is 4.87. The summed E-state index contributed by atoms with van der Waals surface area (Å²) in [7, 11) is 1.75. The second-order valence-electron chi connectivity index (χ2n) is 3.86. The van der Waals surface area contributed by atoms with E-state index < -0.39 is 0 Å². The number of ether oxygens (including phenoxy) is 1. The van der Waals surface area contributed by atoms with Gasteiger partial charge in [-0.2, -0.15) is 0 Å². The average molecular weight is 237 g/mol. The molecule has 4 nitrogen and oxygen atoms in total. The number of benzene rings is 1. The number of aromatic hydroxyl groups is 1. The summed E-state index contributed by atoms with van der Waals surface area (Å²) < 4.78 is 5.19. The number of hydrogen-bond donors (Lipinski definition) is 1. The molecular formula is C13H19NO3. The highest BCUT2D eigenvalue weighted by Gasteiger charge is 2.09. The zero-order valence-corrected chi connectivity index (χ0v) is 10.3. The molecule has 1 aromatic rings. The van der Waals surface area contributed by atoms with Crippen molar-refractivity contribution in [3.8, 4) is 5.75 Å². The molecule has 0 fully saturated rings. The maximum Gasteiger partial charge on any atom is 0.226 e. The highest BCUT2D eigenvalue weighted by molar-refractivity contribution is 5.78. The van der Waals surface area contributed by atoms with E-state index in [9.17, 15) is 9.90 Å². The molecule has 0 saturated heterocycles. The van der Waals surface area contributed by atoms with E-state index in [1.165, 1.54) is 0 Å². The van der Waals surface area contributed by atoms with Crippen LogP contribution in [-0.2, 0) is 16.0 Å². The fourth-order valence-corrected chi connectivity index (χ4v) is 1.45. The molecule has 0 aliphatic heterocycles. The van der Waals surface area contributed by atoms with E-state index >= 15 is 0 Å². The van der Waals surface area contributed by atoms with Crippen LogP contribution in [0, 0.1) is 0 Å². The van der Waals surface area contributed by atoms with Gasteiger partial charge in [-0.25, -0.2) is 0 Å². The Kier molecular flexibility index (Phi) is 5.49. The first-order chi connectivity index (χ1) is 8.13. The first kappa shape index (κ1) is 13.5. The minimum Gasteiger partial charge on any atom is -0.508 e. The molecule has 0 heterocycles. The summed E-state index contributed by atoms with van der Waals surface area (Å²) in [5.74, 6) is 0.211. The van der Waals surface area contributed by atoms with Gasteiger partial charge in [-0.05, 0) is 24.6 Å². The van der Waals surface area contributed by atoms with Gasteiger partial charge in [0.15, 0.2) is 0 Å². The van der Waals surface area contributed by atoms with Crippen LogP contribution in [0.4, 0.5) is 0 Å². The molecule has 17 heavy (non-hydrogen) atoms. The van der Waals surface area contributed by atoms with Gasteiger partial charge in [-0.15, -0.1) is 0 Å². The Balaban J connectivity index is 2.43. The van der Waals surface area contributed by atoms with Crippen LogP contribution < -0.4 is 0 Å². The van der Waals surface area contributed by atoms with E-state index in [4.69, 9.17) is 4.74 Å². The lowest BCUT2D eigenvalue weighted by molar-refractivity contribution is -0.129. The number of phenolic OH excluding ortho intramolecular Hbond substituents is 1. The Morgan fingerprint density at radius 1 is 1.47 bits per heavy atom. The molecule has 4 heteroatoms. The topological polar surface area (TPSA) is 49.8 Å². The molecule has 1 N–H and O–H groups in total. The van der Waals surface area contributed by atoms with Crippen molar-refractivity contribution in [1.29, 1.82) is 0 Å². The number of nitrogens with zero attached hydrogens (tertiary/aromatic N) is 1. The molecule has 0 aliphatic carbocycles. The normalized spacial score (nSPS) is 10.2. The number of amides is 1. The van der Waals surface area contributed by atoms with Gasteiger partial charge >= 0.3 is 0 Å². The molecule has 0 unspecified atom stereocenters. The molecule has 0 spiro atoms. The molecule has 94 valence electrons. The predicted octanol–water partition coefficient (Wildman–Crippen LogP) is 1.43. The summed E-state index contributed by atoms with van der Waals surface area (Å²) in [6.07, 6.45) is 0.303. The summed E-state index contributed by atoms with van der Waals surface area (Å²) in [4.78, 5) is 13.4. The van der Waals surface area contributed by atoms with Crippen molar-refractivity contribution in [2.75, 3.05) is 26.8 Å². The maximum absolute atomic E-state index is 11.8. The molecule has 1 rings (SSSR count). The van der Waals surface area contributed by atoms with Gasteiger partial charge in [-0.3, -0.25) is 4.79 Å². The summed E-state index contributed by atoms with van der Waals surface area (Å²) in [5.41, 5.74) is 0.818. The number of hydrogen-bond acceptors (Lipinski definition) is 3. The highest BCUT2D eigenvalue weighted by Crippen LogP contribution is 2.11. The third-order valence-corrected chi connectivity index (χ3v) is 2.47. The molecule has 0 bridgehead atoms. The number of phenols is 1. The van der Waals surface area contributed by atoms with Gasteiger partial charge in [0.2, 0.25) is 5.91 Å². The molecule has 1 aromatic carbocycles. The fraction of sp³-hybridized carbons (Fsp3) is 0.462. The monoisotopic (exact) mass is 237 g/mol. The Morgan fingerprint density at radius 2 is 2.24 bits per heavy atom. The van der Waals surface area contributed by atoms with Gasteiger partial charge in [-0.1, -0.05) is 12.1 Å². The van der Waals surface area contributed by atoms with Crippen molar-refractivity contribution < 1.29 is 14.6 Å². The van der Waals surface area contributed by atoms with Crippen LogP contribution in [0.5, 0.6) is 5.75 Å². The van der Waals surface area contributed by atoms with Crippen molar-refractivity contribution >= 4 is 5.91 Å². The quantitative estimate of drug-likeness (QED) is 0.761. The lowest BCUT2D eigenvalue weighted by Crippen LogP contribution is -2.31. The number of rotatable bonds is 6. The molecule has 0 aliphatic rings. The summed E-state index contributed by atoms with van der Waals surface area (Å²) >= 11 is 0. The fourth-order valence-electron chi connectivity index (χ4n) is 1.45. The van der Waals surface area contributed by atoms with Crippen LogP contribution >= 0.6 is 0 Å². The van der Waals surface area contributed by atoms with E-state index in [0.717, 1.165) is 5.56 Å². The molecule has 0 radical (unpaired) electrons. The van der Waals surface area contributed by atoms with Gasteiger partial charge < -0.3 is 14.7 Å². The highest BCUT2D eigenvalue weighted by atomic mass is 16.5. The molecular weight excluding hydrogens is 218 g/mol. The van der Waals surface area contributed by atoms with Gasteiger partial charge in [0.05, 0.1) is 13.0 Å². The second kappa shape index (κ2) is 6.91. The predicted molar refractivity (Wildman–Crippen MR) is 65.9 cm³/mol. The lowest BCUT2D eigenvalue weighted by Gasteiger charge is -2.17. The van der Waals surface area contributed by atoms with Crippen molar-refractivity contribution in [1.82, 2.24) is 4.90 Å². The Morgan fingerprint density at radius 3 is 2.88 bits per heavy atom. The smallest absolute Gasteiger partial charge is 0.226 e. The first-order valence-corrected chi connectivity index (χ1v) is 5.73. The van der Waals surface area contributed by atoms with E-state index in [0.29, 0.717) is 26.2 Å². The number of carbonyl (C=O) groups is 1. The number of likely N-dealkylation sites (N-methyl/N-ethyl adjacent to an activating group) is 1. The van der Waals surface area contributed by atoms with Crippen molar-refractivity contribution in [3.05, 3.63) is 29.8 Å². The van der Waals surface area contributed by atoms with E-state index in [-0.39, 0.29) is 11.7 Å². The summed E-state index contributed by atoms with van der Waals surface area (Å²) in [6.45, 7) is 3.73. The third-order valence-electron chi connectivity index (χ3n) is 2.47. The second-order valence-corrected chi connectivity index (χ2v) is 3.86. The zero-order valence-electron chi connectivity index (χ0n) is 10.3. The molecule has 1 amide bonds. The van der Waals surface area contributed by atoms with Gasteiger partial charge in [0.1, 0.15) is 5.75 Å². The van der Waals surface area contributed by atoms with Gasteiger partial charge in [0, 0.05) is 20.2 Å².